The summed E-state index contributed by atoms with van der Waals surface area (Å²) in [4.78, 5) is 25.4. The third kappa shape index (κ3) is 5.69. The molecule has 1 heterocycles. The van der Waals surface area contributed by atoms with E-state index in [-0.39, 0.29) is 18.0 Å². The quantitative estimate of drug-likeness (QED) is 0.361. The number of hydrogen-bond donors (Lipinski definition) is 2. The van der Waals surface area contributed by atoms with Gasteiger partial charge in [-0.25, -0.2) is 4.79 Å². The minimum absolute atomic E-state index is 0.102. The molecule has 1 fully saturated rings. The number of carbonyl (C=O) groups is 2. The first-order chi connectivity index (χ1) is 18.2. The zero-order chi connectivity index (χ0) is 26.9. The molecule has 1 aliphatic heterocycles. The van der Waals surface area contributed by atoms with E-state index < -0.39 is 23.7 Å². The van der Waals surface area contributed by atoms with Crippen molar-refractivity contribution in [2.75, 3.05) is 16.8 Å². The van der Waals surface area contributed by atoms with E-state index in [4.69, 9.17) is 5.11 Å². The number of nitrogens with zero attached hydrogens (tertiary/aromatic N) is 1. The zero-order valence-corrected chi connectivity index (χ0v) is 20.8. The van der Waals surface area contributed by atoms with Gasteiger partial charge in [0.25, 0.3) is 0 Å². The van der Waals surface area contributed by atoms with Crippen LogP contribution in [0.3, 0.4) is 0 Å². The smallest absolute Gasteiger partial charge is 0.416 e. The number of alkyl halides is 3. The van der Waals surface area contributed by atoms with Crippen molar-refractivity contribution < 1.29 is 27.9 Å². The van der Waals surface area contributed by atoms with Crippen LogP contribution in [0.15, 0.2) is 66.7 Å². The Kier molecular flexibility index (Phi) is 7.15. The molecule has 1 aliphatic carbocycles. The maximum atomic E-state index is 13.0. The number of carbonyl (C=O) groups excluding carboxylic acids is 1. The fraction of sp³-hybridized carbons (Fsp3) is 0.333. The monoisotopic (exact) mass is 522 g/mol. The number of fused-ring (bicyclic) bond motifs is 1. The predicted molar refractivity (Wildman–Crippen MR) is 140 cm³/mol. The van der Waals surface area contributed by atoms with Crippen LogP contribution < -0.4 is 10.2 Å². The van der Waals surface area contributed by atoms with Crippen LogP contribution in [0.5, 0.6) is 0 Å². The lowest BCUT2D eigenvalue weighted by atomic mass is 9.77. The number of amides is 2. The van der Waals surface area contributed by atoms with Crippen LogP contribution in [0.4, 0.5) is 29.3 Å². The van der Waals surface area contributed by atoms with Gasteiger partial charge in [0.2, 0.25) is 0 Å². The van der Waals surface area contributed by atoms with Gasteiger partial charge in [0.1, 0.15) is 0 Å². The number of rotatable bonds is 5. The molecule has 0 bridgehead atoms. The standard InChI is InChI=1S/C30H29F3N2O3/c31-30(32,33)25-2-1-3-26(18-25)34-29(38)35-15-14-24-17-23(12-13-27(24)35)22-10-8-21(9-11-22)20-6-4-19(5-7-20)16-28(36)37/h1-3,8-13,17-20H,4-7,14-16H2,(H,34,38)(H,36,37). The van der Waals surface area contributed by atoms with Crippen molar-refractivity contribution >= 4 is 23.4 Å². The number of carboxylic acids is 1. The van der Waals surface area contributed by atoms with E-state index in [1.165, 1.54) is 17.7 Å². The molecule has 2 N–H and O–H groups in total. The lowest BCUT2D eigenvalue weighted by Gasteiger charge is -2.28. The van der Waals surface area contributed by atoms with Crippen LogP contribution in [0, 0.1) is 5.92 Å². The number of anilines is 2. The first-order valence-corrected chi connectivity index (χ1v) is 12.9. The number of halogens is 3. The highest BCUT2D eigenvalue weighted by molar-refractivity contribution is 6.03. The van der Waals surface area contributed by atoms with Crippen LogP contribution in [-0.2, 0) is 17.4 Å². The lowest BCUT2D eigenvalue weighted by molar-refractivity contribution is -0.139. The Morgan fingerprint density at radius 2 is 1.63 bits per heavy atom. The third-order valence-corrected chi connectivity index (χ3v) is 7.69. The minimum Gasteiger partial charge on any atom is -0.481 e. The van der Waals surface area contributed by atoms with Gasteiger partial charge in [-0.1, -0.05) is 36.4 Å². The molecule has 0 radical (unpaired) electrons. The van der Waals surface area contributed by atoms with Crippen LogP contribution in [0.2, 0.25) is 0 Å². The Balaban J connectivity index is 1.24. The minimum atomic E-state index is -4.48. The van der Waals surface area contributed by atoms with Crippen LogP contribution in [0.1, 0.15) is 54.7 Å². The van der Waals surface area contributed by atoms with E-state index in [2.05, 4.69) is 35.6 Å². The second-order valence-electron chi connectivity index (χ2n) is 10.2. The van der Waals surface area contributed by atoms with E-state index in [1.54, 1.807) is 4.90 Å². The van der Waals surface area contributed by atoms with Gasteiger partial charge >= 0.3 is 18.2 Å². The zero-order valence-electron chi connectivity index (χ0n) is 20.8. The van der Waals surface area contributed by atoms with Crippen molar-refractivity contribution in [1.29, 1.82) is 0 Å². The molecule has 3 aromatic rings. The van der Waals surface area contributed by atoms with Crippen molar-refractivity contribution in [1.82, 2.24) is 0 Å². The molecule has 2 amide bonds. The van der Waals surface area contributed by atoms with Gasteiger partial charge in [0.05, 0.1) is 5.56 Å². The maximum Gasteiger partial charge on any atom is 0.416 e. The number of nitrogens with one attached hydrogen (secondary N) is 1. The van der Waals surface area contributed by atoms with Crippen LogP contribution in [0.25, 0.3) is 11.1 Å². The fourth-order valence-electron chi connectivity index (χ4n) is 5.65. The largest absolute Gasteiger partial charge is 0.481 e. The molecule has 0 unspecified atom stereocenters. The highest BCUT2D eigenvalue weighted by atomic mass is 19.4. The van der Waals surface area contributed by atoms with Crippen molar-refractivity contribution in [3.8, 4) is 11.1 Å². The van der Waals surface area contributed by atoms with Crippen LogP contribution in [-0.4, -0.2) is 23.7 Å². The van der Waals surface area contributed by atoms with Crippen molar-refractivity contribution in [2.45, 2.75) is 50.6 Å². The average Bonchev–Trinajstić information content (AvgIpc) is 3.32. The summed E-state index contributed by atoms with van der Waals surface area (Å²) in [6.07, 6.45) is 0.355. The second kappa shape index (κ2) is 10.5. The van der Waals surface area contributed by atoms with E-state index in [0.29, 0.717) is 18.9 Å². The SMILES string of the molecule is O=C(O)CC1CCC(c2ccc(-c3ccc4c(c3)CCN4C(=O)Nc3cccc(C(F)(F)F)c3)cc2)CC1. The van der Waals surface area contributed by atoms with E-state index in [0.717, 1.165) is 60.2 Å². The summed E-state index contributed by atoms with van der Waals surface area (Å²) >= 11 is 0. The third-order valence-electron chi connectivity index (χ3n) is 7.69. The van der Waals surface area contributed by atoms with Gasteiger partial charge < -0.3 is 10.4 Å². The number of aliphatic carboxylic acids is 1. The molecule has 38 heavy (non-hydrogen) atoms. The molecule has 198 valence electrons. The number of hydrogen-bond acceptors (Lipinski definition) is 2. The molecule has 5 nitrogen and oxygen atoms in total. The molecule has 0 aromatic heterocycles. The van der Waals surface area contributed by atoms with Gasteiger partial charge in [-0.15, -0.1) is 0 Å². The van der Waals surface area contributed by atoms with Gasteiger partial charge in [0, 0.05) is 24.3 Å². The summed E-state index contributed by atoms with van der Waals surface area (Å²) in [5.74, 6) is 0.0192. The van der Waals surface area contributed by atoms with Crippen molar-refractivity contribution in [3.05, 3.63) is 83.4 Å². The Bertz CT molecular complexity index is 1330. The average molecular weight is 523 g/mol. The van der Waals surface area contributed by atoms with E-state index in [1.807, 2.05) is 12.1 Å². The second-order valence-corrected chi connectivity index (χ2v) is 10.2. The van der Waals surface area contributed by atoms with Gasteiger partial charge in [-0.2, -0.15) is 13.2 Å². The Hall–Kier alpha value is -3.81. The summed E-state index contributed by atoms with van der Waals surface area (Å²) in [5.41, 5.74) is 4.46. The molecule has 2 aliphatic rings. The summed E-state index contributed by atoms with van der Waals surface area (Å²) in [7, 11) is 0. The van der Waals surface area contributed by atoms with E-state index >= 15 is 0 Å². The summed E-state index contributed by atoms with van der Waals surface area (Å²) in [6, 6.07) is 18.6. The molecular weight excluding hydrogens is 493 g/mol. The Morgan fingerprint density at radius 1 is 0.921 bits per heavy atom. The Morgan fingerprint density at radius 3 is 2.32 bits per heavy atom. The highest BCUT2D eigenvalue weighted by Crippen LogP contribution is 2.38. The lowest BCUT2D eigenvalue weighted by Crippen LogP contribution is -2.33. The number of benzene rings is 3. The highest BCUT2D eigenvalue weighted by Gasteiger charge is 2.31. The number of urea groups is 1. The summed E-state index contributed by atoms with van der Waals surface area (Å²) in [6.45, 7) is 0.451. The van der Waals surface area contributed by atoms with E-state index in [9.17, 15) is 22.8 Å². The summed E-state index contributed by atoms with van der Waals surface area (Å²) in [5, 5.41) is 11.6. The first-order valence-electron chi connectivity index (χ1n) is 12.9. The predicted octanol–water partition coefficient (Wildman–Crippen LogP) is 7.72. The van der Waals surface area contributed by atoms with Crippen molar-refractivity contribution in [2.24, 2.45) is 5.92 Å². The van der Waals surface area contributed by atoms with Crippen molar-refractivity contribution in [3.63, 3.8) is 0 Å². The Labute approximate surface area is 219 Å². The first kappa shape index (κ1) is 25.8. The number of carboxylic acid groups (broad SMARTS) is 1. The molecule has 0 spiro atoms. The van der Waals surface area contributed by atoms with Gasteiger partial charge in [-0.05, 0) is 96.5 Å². The molecule has 5 rings (SSSR count). The molecule has 0 saturated heterocycles. The van der Waals surface area contributed by atoms with Crippen LogP contribution >= 0.6 is 0 Å². The summed E-state index contributed by atoms with van der Waals surface area (Å²) < 4.78 is 39.0. The topological polar surface area (TPSA) is 69.6 Å². The molecule has 1 saturated carbocycles. The fourth-order valence-corrected chi connectivity index (χ4v) is 5.65. The molecule has 8 heteroatoms. The molecular formula is C30H29F3N2O3. The van der Waals surface area contributed by atoms with Gasteiger partial charge in [-0.3, -0.25) is 9.69 Å². The molecule has 0 atom stereocenters. The molecule has 3 aromatic carbocycles. The maximum absolute atomic E-state index is 13.0. The van der Waals surface area contributed by atoms with Gasteiger partial charge in [0.15, 0.2) is 0 Å². The normalized spacial score (nSPS) is 19.2.